The number of anilines is 2. The number of carbonyl (C=O) groups is 2. The quantitative estimate of drug-likeness (QED) is 0.632. The number of H-pyrrole nitrogens is 1. The molecule has 1 aliphatic heterocycles. The first-order valence-corrected chi connectivity index (χ1v) is 6.75. The van der Waals surface area contributed by atoms with E-state index in [4.69, 9.17) is 5.26 Å². The van der Waals surface area contributed by atoms with Gasteiger partial charge in [0.2, 0.25) is 17.6 Å². The molecule has 2 aromatic rings. The highest BCUT2D eigenvalue weighted by molar-refractivity contribution is 6.19. The number of hydrogen-bond donors (Lipinski definition) is 2. The summed E-state index contributed by atoms with van der Waals surface area (Å²) in [6.07, 6.45) is 1.89. The molecule has 0 aliphatic carbocycles. The number of nitriles is 1. The molecule has 0 spiro atoms. The van der Waals surface area contributed by atoms with E-state index in [-0.39, 0.29) is 36.1 Å². The van der Waals surface area contributed by atoms with Crippen LogP contribution in [0, 0.1) is 11.3 Å². The molecule has 0 bridgehead atoms. The molecule has 1 fully saturated rings. The van der Waals surface area contributed by atoms with Crippen molar-refractivity contribution in [1.29, 1.82) is 5.26 Å². The van der Waals surface area contributed by atoms with Crippen LogP contribution in [0.15, 0.2) is 30.5 Å². The van der Waals surface area contributed by atoms with Gasteiger partial charge in [0.05, 0.1) is 5.69 Å². The minimum absolute atomic E-state index is 0.168. The molecule has 23 heavy (non-hydrogen) atoms. The lowest BCUT2D eigenvalue weighted by atomic mass is 10.2. The Hall–Kier alpha value is -3.54. The molecule has 1 saturated heterocycles. The van der Waals surface area contributed by atoms with Gasteiger partial charge in [0.15, 0.2) is 0 Å². The van der Waals surface area contributed by atoms with Crippen LogP contribution in [0.4, 0.5) is 11.4 Å². The van der Waals surface area contributed by atoms with Crippen LogP contribution in [-0.4, -0.2) is 32.4 Å². The maximum atomic E-state index is 11.8. The third kappa shape index (κ3) is 2.91. The van der Waals surface area contributed by atoms with E-state index in [2.05, 4.69) is 25.9 Å². The Morgan fingerprint density at radius 3 is 2.78 bits per heavy atom. The predicted octanol–water partition coefficient (Wildman–Crippen LogP) is 0.830. The number of aromatic nitrogens is 4. The Morgan fingerprint density at radius 2 is 2.13 bits per heavy atom. The van der Waals surface area contributed by atoms with Crippen LogP contribution < -0.4 is 10.2 Å². The van der Waals surface area contributed by atoms with Gasteiger partial charge in [-0.05, 0) is 23.4 Å². The van der Waals surface area contributed by atoms with Gasteiger partial charge in [0.25, 0.3) is 0 Å². The van der Waals surface area contributed by atoms with Crippen LogP contribution in [0.1, 0.15) is 18.7 Å². The van der Waals surface area contributed by atoms with Gasteiger partial charge in [-0.15, -0.1) is 10.2 Å². The minimum atomic E-state index is -0.216. The van der Waals surface area contributed by atoms with Crippen molar-refractivity contribution in [3.05, 3.63) is 36.3 Å². The normalized spacial score (nSPS) is 14.9. The molecule has 1 aromatic carbocycles. The number of nitrogens with one attached hydrogen (secondary N) is 2. The summed E-state index contributed by atoms with van der Waals surface area (Å²) in [5.74, 6) is -0.263. The maximum absolute atomic E-state index is 11.8. The average molecular weight is 309 g/mol. The molecule has 3 rings (SSSR count). The molecule has 9 nitrogen and oxygen atoms in total. The molecule has 2 amide bonds. The van der Waals surface area contributed by atoms with Gasteiger partial charge in [-0.1, -0.05) is 6.07 Å². The smallest absolute Gasteiger partial charge is 0.234 e. The van der Waals surface area contributed by atoms with Crippen molar-refractivity contribution in [1.82, 2.24) is 20.6 Å². The van der Waals surface area contributed by atoms with Crippen molar-refractivity contribution in [3.63, 3.8) is 0 Å². The molecule has 0 saturated carbocycles. The summed E-state index contributed by atoms with van der Waals surface area (Å²) in [5, 5.41) is 25.1. The fourth-order valence-electron chi connectivity index (χ4n) is 2.18. The van der Waals surface area contributed by atoms with E-state index in [1.165, 1.54) is 11.1 Å². The lowest BCUT2D eigenvalue weighted by Gasteiger charge is -2.14. The molecule has 2 heterocycles. The highest BCUT2D eigenvalue weighted by atomic mass is 16.2. The predicted molar refractivity (Wildman–Crippen MR) is 79.6 cm³/mol. The van der Waals surface area contributed by atoms with Crippen molar-refractivity contribution in [2.45, 2.75) is 12.8 Å². The van der Waals surface area contributed by atoms with E-state index in [0.29, 0.717) is 11.4 Å². The monoisotopic (exact) mass is 309 g/mol. The van der Waals surface area contributed by atoms with Crippen LogP contribution in [-0.2, 0) is 9.59 Å². The molecular formula is C14H11N7O2. The summed E-state index contributed by atoms with van der Waals surface area (Å²) in [6, 6.07) is 8.75. The third-order valence-corrected chi connectivity index (χ3v) is 3.25. The van der Waals surface area contributed by atoms with E-state index in [0.717, 1.165) is 0 Å². The number of hydrogen-bond acceptors (Lipinski definition) is 7. The van der Waals surface area contributed by atoms with Crippen molar-refractivity contribution >= 4 is 28.8 Å². The number of benzene rings is 1. The number of amides is 2. The lowest BCUT2D eigenvalue weighted by Crippen LogP contribution is -2.28. The zero-order valence-electron chi connectivity index (χ0n) is 11.9. The van der Waals surface area contributed by atoms with Gasteiger partial charge in [0, 0.05) is 24.7 Å². The van der Waals surface area contributed by atoms with E-state index in [9.17, 15) is 9.59 Å². The Balaban J connectivity index is 1.82. The van der Waals surface area contributed by atoms with Crippen LogP contribution >= 0.6 is 0 Å². The largest absolute Gasteiger partial charge is 0.360 e. The van der Waals surface area contributed by atoms with Gasteiger partial charge in [-0.25, -0.2) is 0 Å². The zero-order chi connectivity index (χ0) is 16.2. The van der Waals surface area contributed by atoms with E-state index in [1.54, 1.807) is 24.3 Å². The van der Waals surface area contributed by atoms with Crippen LogP contribution in [0.5, 0.6) is 0 Å². The van der Waals surface area contributed by atoms with Crippen LogP contribution in [0.3, 0.4) is 0 Å². The van der Waals surface area contributed by atoms with Gasteiger partial charge in [-0.3, -0.25) is 14.5 Å². The maximum Gasteiger partial charge on any atom is 0.234 e. The molecule has 0 radical (unpaired) electrons. The van der Waals surface area contributed by atoms with Crippen molar-refractivity contribution in [2.24, 2.45) is 0 Å². The van der Waals surface area contributed by atoms with E-state index >= 15 is 0 Å². The number of aromatic amines is 1. The minimum Gasteiger partial charge on any atom is -0.360 e. The second-order valence-electron chi connectivity index (χ2n) is 4.72. The third-order valence-electron chi connectivity index (χ3n) is 3.25. The SMILES string of the molecule is N#CC(=CNc1cccc(N2C(=O)CCC2=O)c1)c1nn[nH]n1. The summed E-state index contributed by atoms with van der Waals surface area (Å²) in [7, 11) is 0. The summed E-state index contributed by atoms with van der Waals surface area (Å²) < 4.78 is 0. The standard InChI is InChI=1S/C14H11N7O2/c15-7-9(14-17-19-20-18-14)8-16-10-2-1-3-11(6-10)21-12(22)4-5-13(21)23/h1-3,6,8,16H,4-5H2,(H,17,18,19,20). The topological polar surface area (TPSA) is 128 Å². The molecule has 114 valence electrons. The Labute approximate surface area is 130 Å². The summed E-state index contributed by atoms with van der Waals surface area (Å²) in [6.45, 7) is 0. The number of rotatable bonds is 4. The Bertz CT molecular complexity index is 804. The Morgan fingerprint density at radius 1 is 1.35 bits per heavy atom. The molecule has 0 unspecified atom stereocenters. The molecule has 2 N–H and O–H groups in total. The van der Waals surface area contributed by atoms with Gasteiger partial charge in [0.1, 0.15) is 11.6 Å². The zero-order valence-corrected chi connectivity index (χ0v) is 11.9. The van der Waals surface area contributed by atoms with Crippen molar-refractivity contribution in [2.75, 3.05) is 10.2 Å². The highest BCUT2D eigenvalue weighted by Crippen LogP contribution is 2.25. The lowest BCUT2D eigenvalue weighted by molar-refractivity contribution is -0.121. The number of imide groups is 1. The van der Waals surface area contributed by atoms with Crippen LogP contribution in [0.2, 0.25) is 0 Å². The number of carbonyl (C=O) groups excluding carboxylic acids is 2. The van der Waals surface area contributed by atoms with E-state index in [1.807, 2.05) is 6.07 Å². The molecule has 1 aliphatic rings. The molecular weight excluding hydrogens is 298 g/mol. The summed E-state index contributed by atoms with van der Waals surface area (Å²) >= 11 is 0. The fourth-order valence-corrected chi connectivity index (χ4v) is 2.18. The van der Waals surface area contributed by atoms with Crippen LogP contribution in [0.25, 0.3) is 5.57 Å². The fraction of sp³-hybridized carbons (Fsp3) is 0.143. The Kier molecular flexibility index (Phi) is 3.80. The van der Waals surface area contributed by atoms with Gasteiger partial charge >= 0.3 is 0 Å². The second-order valence-corrected chi connectivity index (χ2v) is 4.72. The molecule has 0 atom stereocenters. The summed E-state index contributed by atoms with van der Waals surface area (Å²) in [5.41, 5.74) is 1.30. The first kappa shape index (κ1) is 14.4. The van der Waals surface area contributed by atoms with Gasteiger partial charge < -0.3 is 5.32 Å². The molecule has 1 aromatic heterocycles. The average Bonchev–Trinajstić information content (AvgIpc) is 3.19. The number of nitrogens with zero attached hydrogens (tertiary/aromatic N) is 5. The van der Waals surface area contributed by atoms with Crippen molar-refractivity contribution in [3.8, 4) is 6.07 Å². The first-order chi connectivity index (χ1) is 11.2. The first-order valence-electron chi connectivity index (χ1n) is 6.75. The second kappa shape index (κ2) is 6.07. The van der Waals surface area contributed by atoms with Gasteiger partial charge in [-0.2, -0.15) is 10.5 Å². The number of allylic oxidation sites excluding steroid dienone is 1. The number of tetrazole rings is 1. The van der Waals surface area contributed by atoms with Crippen molar-refractivity contribution < 1.29 is 9.59 Å². The summed E-state index contributed by atoms with van der Waals surface area (Å²) in [4.78, 5) is 24.7. The highest BCUT2D eigenvalue weighted by Gasteiger charge is 2.30. The molecule has 9 heteroatoms. The van der Waals surface area contributed by atoms with E-state index < -0.39 is 0 Å².